The smallest absolute Gasteiger partial charge is 0.315 e. The lowest BCUT2D eigenvalue weighted by molar-refractivity contribution is -0.138. The average molecular weight is 298 g/mol. The summed E-state index contributed by atoms with van der Waals surface area (Å²) in [5, 5.41) is 14.2. The highest BCUT2D eigenvalue weighted by molar-refractivity contribution is 7.12. The molecule has 1 aromatic heterocycles. The quantitative estimate of drug-likeness (QED) is 0.724. The Hall–Kier alpha value is -1.56. The standard InChI is InChI=1S/C14H22N2O3S/c1-4-11(6-13(17)18)7-15-14(19)16-8-12-5-9(2)10(3)20-12/h5,11H,4,6-8H2,1-3H3,(H,17,18)(H2,15,16,19). The van der Waals surface area contributed by atoms with E-state index in [0.29, 0.717) is 13.1 Å². The third-order valence-corrected chi connectivity index (χ3v) is 4.38. The van der Waals surface area contributed by atoms with Crippen LogP contribution in [-0.2, 0) is 11.3 Å². The number of hydrogen-bond donors (Lipinski definition) is 3. The Bertz CT molecular complexity index is 451. The van der Waals surface area contributed by atoms with Crippen LogP contribution in [0.5, 0.6) is 0 Å². The van der Waals surface area contributed by atoms with Gasteiger partial charge in [-0.2, -0.15) is 0 Å². The highest BCUT2D eigenvalue weighted by Gasteiger charge is 2.12. The third-order valence-electron chi connectivity index (χ3n) is 3.23. The molecule has 0 fully saturated rings. The number of carbonyl (C=O) groups is 2. The van der Waals surface area contributed by atoms with Crippen molar-refractivity contribution in [2.24, 2.45) is 5.92 Å². The molecule has 2 amide bonds. The van der Waals surface area contributed by atoms with E-state index in [0.717, 1.165) is 11.3 Å². The maximum atomic E-state index is 11.6. The molecule has 1 atom stereocenters. The number of carbonyl (C=O) groups excluding carboxylic acids is 1. The van der Waals surface area contributed by atoms with E-state index in [1.165, 1.54) is 10.4 Å². The maximum Gasteiger partial charge on any atom is 0.315 e. The summed E-state index contributed by atoms with van der Waals surface area (Å²) in [6.07, 6.45) is 0.815. The molecule has 0 saturated heterocycles. The molecular weight excluding hydrogens is 276 g/mol. The fourth-order valence-electron chi connectivity index (χ4n) is 1.81. The van der Waals surface area contributed by atoms with Gasteiger partial charge in [0.05, 0.1) is 6.54 Å². The van der Waals surface area contributed by atoms with Crippen molar-refractivity contribution < 1.29 is 14.7 Å². The minimum absolute atomic E-state index is 0.0236. The third kappa shape index (κ3) is 5.61. The van der Waals surface area contributed by atoms with Gasteiger partial charge in [-0.25, -0.2) is 4.79 Å². The number of nitrogens with one attached hydrogen (secondary N) is 2. The van der Waals surface area contributed by atoms with Gasteiger partial charge in [0, 0.05) is 22.7 Å². The lowest BCUT2D eigenvalue weighted by atomic mass is 10.0. The number of urea groups is 1. The van der Waals surface area contributed by atoms with Crippen molar-refractivity contribution in [3.63, 3.8) is 0 Å². The molecule has 112 valence electrons. The summed E-state index contributed by atoms with van der Waals surface area (Å²) < 4.78 is 0. The molecule has 0 aromatic carbocycles. The summed E-state index contributed by atoms with van der Waals surface area (Å²) in [6.45, 7) is 6.91. The van der Waals surface area contributed by atoms with E-state index in [4.69, 9.17) is 5.11 Å². The largest absolute Gasteiger partial charge is 0.481 e. The Morgan fingerprint density at radius 3 is 2.55 bits per heavy atom. The minimum Gasteiger partial charge on any atom is -0.481 e. The molecule has 0 aliphatic heterocycles. The van der Waals surface area contributed by atoms with Gasteiger partial charge in [0.2, 0.25) is 0 Å². The molecule has 0 aliphatic carbocycles. The molecule has 0 aliphatic rings. The van der Waals surface area contributed by atoms with Gasteiger partial charge in [0.25, 0.3) is 0 Å². The predicted octanol–water partition coefficient (Wildman–Crippen LogP) is 2.67. The number of carboxylic acids is 1. The highest BCUT2D eigenvalue weighted by Crippen LogP contribution is 2.20. The zero-order valence-corrected chi connectivity index (χ0v) is 13.0. The predicted molar refractivity (Wildman–Crippen MR) is 80.1 cm³/mol. The summed E-state index contributed by atoms with van der Waals surface area (Å²) in [5.41, 5.74) is 1.24. The van der Waals surface area contributed by atoms with E-state index < -0.39 is 5.97 Å². The first-order valence-electron chi connectivity index (χ1n) is 6.71. The van der Waals surface area contributed by atoms with Crippen molar-refractivity contribution in [1.82, 2.24) is 10.6 Å². The summed E-state index contributed by atoms with van der Waals surface area (Å²) in [5.74, 6) is -0.854. The van der Waals surface area contributed by atoms with Crippen molar-refractivity contribution in [2.75, 3.05) is 6.54 Å². The van der Waals surface area contributed by atoms with Gasteiger partial charge in [0.15, 0.2) is 0 Å². The van der Waals surface area contributed by atoms with Gasteiger partial charge in [-0.3, -0.25) is 4.79 Å². The van der Waals surface area contributed by atoms with Crippen LogP contribution in [0.2, 0.25) is 0 Å². The first-order valence-corrected chi connectivity index (χ1v) is 7.53. The van der Waals surface area contributed by atoms with E-state index in [-0.39, 0.29) is 18.4 Å². The number of thiophene rings is 1. The fourth-order valence-corrected chi connectivity index (χ4v) is 2.80. The fraction of sp³-hybridized carbons (Fsp3) is 0.571. The monoisotopic (exact) mass is 298 g/mol. The summed E-state index contributed by atoms with van der Waals surface area (Å²) in [7, 11) is 0. The van der Waals surface area contributed by atoms with Gasteiger partial charge in [0.1, 0.15) is 0 Å². The van der Waals surface area contributed by atoms with Gasteiger partial charge < -0.3 is 15.7 Å². The zero-order chi connectivity index (χ0) is 15.1. The molecule has 6 heteroatoms. The van der Waals surface area contributed by atoms with Crippen LogP contribution in [0.4, 0.5) is 4.79 Å². The summed E-state index contributed by atoms with van der Waals surface area (Å²) in [6, 6.07) is 1.82. The van der Waals surface area contributed by atoms with Crippen LogP contribution in [0.1, 0.15) is 35.1 Å². The Morgan fingerprint density at radius 1 is 1.35 bits per heavy atom. The number of hydrogen-bond acceptors (Lipinski definition) is 3. The molecule has 0 spiro atoms. The Labute approximate surface area is 123 Å². The second-order valence-corrected chi connectivity index (χ2v) is 6.23. The molecule has 1 heterocycles. The first-order chi connectivity index (χ1) is 9.42. The van der Waals surface area contributed by atoms with E-state index in [2.05, 4.69) is 23.6 Å². The molecule has 20 heavy (non-hydrogen) atoms. The van der Waals surface area contributed by atoms with Crippen LogP contribution >= 0.6 is 11.3 Å². The van der Waals surface area contributed by atoms with Gasteiger partial charge in [-0.1, -0.05) is 13.3 Å². The molecule has 0 saturated carbocycles. The molecule has 3 N–H and O–H groups in total. The van der Waals surface area contributed by atoms with Crippen molar-refractivity contribution >= 4 is 23.3 Å². The van der Waals surface area contributed by atoms with Crippen LogP contribution in [0.25, 0.3) is 0 Å². The van der Waals surface area contributed by atoms with Crippen molar-refractivity contribution in [3.05, 3.63) is 21.4 Å². The lowest BCUT2D eigenvalue weighted by Gasteiger charge is -2.13. The number of carboxylic acid groups (broad SMARTS) is 1. The molecule has 1 unspecified atom stereocenters. The molecule has 5 nitrogen and oxygen atoms in total. The van der Waals surface area contributed by atoms with Crippen molar-refractivity contribution in [1.29, 1.82) is 0 Å². The van der Waals surface area contributed by atoms with Crippen molar-refractivity contribution in [2.45, 2.75) is 40.2 Å². The number of amides is 2. The number of rotatable bonds is 7. The average Bonchev–Trinajstić information content (AvgIpc) is 2.71. The maximum absolute atomic E-state index is 11.6. The van der Waals surface area contributed by atoms with Crippen LogP contribution in [0, 0.1) is 19.8 Å². The molecular formula is C14H22N2O3S. The topological polar surface area (TPSA) is 78.4 Å². The Kier molecular flexibility index (Phi) is 6.51. The van der Waals surface area contributed by atoms with E-state index in [1.54, 1.807) is 11.3 Å². The number of aryl methyl sites for hydroxylation is 2. The first kappa shape index (κ1) is 16.5. The van der Waals surface area contributed by atoms with Gasteiger partial charge in [-0.05, 0) is 31.4 Å². The van der Waals surface area contributed by atoms with Crippen LogP contribution in [0.3, 0.4) is 0 Å². The van der Waals surface area contributed by atoms with Crippen molar-refractivity contribution in [3.8, 4) is 0 Å². The van der Waals surface area contributed by atoms with E-state index >= 15 is 0 Å². The van der Waals surface area contributed by atoms with Crippen LogP contribution in [0.15, 0.2) is 6.07 Å². The van der Waals surface area contributed by atoms with Gasteiger partial charge >= 0.3 is 12.0 Å². The normalized spacial score (nSPS) is 11.9. The zero-order valence-electron chi connectivity index (χ0n) is 12.2. The number of aliphatic carboxylic acids is 1. The molecule has 0 radical (unpaired) electrons. The highest BCUT2D eigenvalue weighted by atomic mass is 32.1. The van der Waals surface area contributed by atoms with E-state index in [9.17, 15) is 9.59 Å². The second-order valence-electron chi connectivity index (χ2n) is 4.89. The minimum atomic E-state index is -0.830. The van der Waals surface area contributed by atoms with Crippen LogP contribution in [-0.4, -0.2) is 23.7 Å². The molecule has 0 bridgehead atoms. The van der Waals surface area contributed by atoms with E-state index in [1.807, 2.05) is 13.8 Å². The summed E-state index contributed by atoms with van der Waals surface area (Å²) in [4.78, 5) is 24.7. The Morgan fingerprint density at radius 2 is 2.05 bits per heavy atom. The molecule has 1 rings (SSSR count). The van der Waals surface area contributed by atoms with Gasteiger partial charge in [-0.15, -0.1) is 11.3 Å². The van der Waals surface area contributed by atoms with Crippen LogP contribution < -0.4 is 10.6 Å². The second kappa shape index (κ2) is 7.89. The molecule has 1 aromatic rings. The lowest BCUT2D eigenvalue weighted by Crippen LogP contribution is -2.38. The Balaban J connectivity index is 2.31. The SMILES string of the molecule is CCC(CNC(=O)NCc1cc(C)c(C)s1)CC(=O)O. The summed E-state index contributed by atoms with van der Waals surface area (Å²) >= 11 is 1.67.